The number of aryl methyl sites for hydroxylation is 1. The Morgan fingerprint density at radius 1 is 0.923 bits per heavy atom. The van der Waals surface area contributed by atoms with Crippen LogP contribution in [-0.4, -0.2) is 50.9 Å². The zero-order valence-electron chi connectivity index (χ0n) is 23.0. The Morgan fingerprint density at radius 3 is 2.26 bits per heavy atom. The number of benzene rings is 3. The molecule has 0 radical (unpaired) electrons. The summed E-state index contributed by atoms with van der Waals surface area (Å²) in [6.45, 7) is 7.78. The summed E-state index contributed by atoms with van der Waals surface area (Å²) in [4.78, 5) is 28.6. The number of hydrogen-bond donors (Lipinski definition) is 1. The van der Waals surface area contributed by atoms with Crippen LogP contribution in [0.25, 0.3) is 0 Å². The van der Waals surface area contributed by atoms with Crippen molar-refractivity contribution in [1.29, 1.82) is 0 Å². The van der Waals surface area contributed by atoms with Crippen LogP contribution < -0.4 is 14.4 Å². The molecule has 8 nitrogen and oxygen atoms in total. The standard InChI is InChI=1S/C30H37N3O5S/c1-5-26(30(35)31-6-2)32(21-24-15-13-14-23(4)20-24)29(34)22-33(27-18-11-12-19-28(27)38-7-3)39(36,37)25-16-9-8-10-17-25/h8-20,26H,5-7,21-22H2,1-4H3,(H,31,35)/t26-/m0/s1. The summed E-state index contributed by atoms with van der Waals surface area (Å²) in [7, 11) is -4.16. The number of carbonyl (C=O) groups is 2. The van der Waals surface area contributed by atoms with Gasteiger partial charge in [0.05, 0.1) is 17.2 Å². The van der Waals surface area contributed by atoms with Crippen LogP contribution in [0.2, 0.25) is 0 Å². The first-order valence-corrected chi connectivity index (χ1v) is 14.6. The van der Waals surface area contributed by atoms with Gasteiger partial charge >= 0.3 is 0 Å². The maximum Gasteiger partial charge on any atom is 0.264 e. The van der Waals surface area contributed by atoms with Crippen LogP contribution in [-0.2, 0) is 26.2 Å². The first kappa shape index (κ1) is 29.7. The highest BCUT2D eigenvalue weighted by Gasteiger charge is 2.34. The SMILES string of the molecule is CCNC(=O)[C@H](CC)N(Cc1cccc(C)c1)C(=O)CN(c1ccccc1OCC)S(=O)(=O)c1ccccc1. The van der Waals surface area contributed by atoms with Gasteiger partial charge in [0, 0.05) is 13.1 Å². The van der Waals surface area contributed by atoms with E-state index in [2.05, 4.69) is 5.32 Å². The van der Waals surface area contributed by atoms with Gasteiger partial charge in [0.2, 0.25) is 11.8 Å². The molecule has 0 saturated carbocycles. The Labute approximate surface area is 231 Å². The lowest BCUT2D eigenvalue weighted by Crippen LogP contribution is -2.52. The molecule has 3 rings (SSSR count). The van der Waals surface area contributed by atoms with Gasteiger partial charge < -0.3 is 15.0 Å². The second-order valence-electron chi connectivity index (χ2n) is 9.05. The Morgan fingerprint density at radius 2 is 1.62 bits per heavy atom. The molecule has 0 saturated heterocycles. The summed E-state index contributed by atoms with van der Waals surface area (Å²) in [5.74, 6) is -0.443. The molecule has 0 aliphatic carbocycles. The van der Waals surface area contributed by atoms with E-state index in [0.717, 1.165) is 15.4 Å². The van der Waals surface area contributed by atoms with Gasteiger partial charge in [-0.15, -0.1) is 0 Å². The largest absolute Gasteiger partial charge is 0.492 e. The van der Waals surface area contributed by atoms with Crippen LogP contribution in [0.5, 0.6) is 5.75 Å². The van der Waals surface area contributed by atoms with E-state index >= 15 is 0 Å². The molecule has 1 atom stereocenters. The Kier molecular flexibility index (Phi) is 10.5. The average Bonchev–Trinajstić information content (AvgIpc) is 2.93. The second kappa shape index (κ2) is 13.8. The van der Waals surface area contributed by atoms with E-state index in [4.69, 9.17) is 4.74 Å². The van der Waals surface area contributed by atoms with Gasteiger partial charge in [-0.2, -0.15) is 0 Å². The van der Waals surface area contributed by atoms with Crippen molar-refractivity contribution < 1.29 is 22.7 Å². The van der Waals surface area contributed by atoms with Crippen molar-refractivity contribution in [2.75, 3.05) is 24.0 Å². The van der Waals surface area contributed by atoms with Crippen LogP contribution in [0, 0.1) is 6.92 Å². The van der Waals surface area contributed by atoms with Crippen molar-refractivity contribution in [3.63, 3.8) is 0 Å². The number of carbonyl (C=O) groups excluding carboxylic acids is 2. The molecule has 0 spiro atoms. The maximum atomic E-state index is 14.1. The molecule has 0 fully saturated rings. The van der Waals surface area contributed by atoms with Gasteiger partial charge in [0.1, 0.15) is 18.3 Å². The number of nitrogens with zero attached hydrogens (tertiary/aromatic N) is 2. The summed E-state index contributed by atoms with van der Waals surface area (Å²) in [6.07, 6.45) is 0.365. The number of sulfonamides is 1. The van der Waals surface area contributed by atoms with Crippen molar-refractivity contribution >= 4 is 27.5 Å². The van der Waals surface area contributed by atoms with Crippen LogP contribution in [0.4, 0.5) is 5.69 Å². The number of para-hydroxylation sites is 2. The van der Waals surface area contributed by atoms with E-state index in [-0.39, 0.29) is 23.0 Å². The van der Waals surface area contributed by atoms with Gasteiger partial charge in [-0.05, 0) is 57.0 Å². The first-order chi connectivity index (χ1) is 18.7. The summed E-state index contributed by atoms with van der Waals surface area (Å²) < 4.78 is 34.7. The van der Waals surface area contributed by atoms with E-state index < -0.39 is 28.5 Å². The van der Waals surface area contributed by atoms with Crippen LogP contribution in [0.1, 0.15) is 38.3 Å². The smallest absolute Gasteiger partial charge is 0.264 e. The highest BCUT2D eigenvalue weighted by Crippen LogP contribution is 2.33. The lowest BCUT2D eigenvalue weighted by atomic mass is 10.1. The molecular weight excluding hydrogens is 514 g/mol. The third-order valence-electron chi connectivity index (χ3n) is 6.22. The number of hydrogen-bond acceptors (Lipinski definition) is 5. The average molecular weight is 552 g/mol. The molecule has 0 aliphatic heterocycles. The van der Waals surface area contributed by atoms with Gasteiger partial charge in [0.15, 0.2) is 0 Å². The molecule has 0 aromatic heterocycles. The van der Waals surface area contributed by atoms with Gasteiger partial charge in [0.25, 0.3) is 10.0 Å². The topological polar surface area (TPSA) is 96.0 Å². The molecule has 2 amide bonds. The third kappa shape index (κ3) is 7.38. The number of anilines is 1. The monoisotopic (exact) mass is 551 g/mol. The molecular formula is C30H37N3O5S. The summed E-state index contributed by atoms with van der Waals surface area (Å²) in [5.41, 5.74) is 2.11. The molecule has 39 heavy (non-hydrogen) atoms. The molecule has 9 heteroatoms. The molecule has 0 unspecified atom stereocenters. The minimum atomic E-state index is -4.16. The van der Waals surface area contributed by atoms with Crippen LogP contribution >= 0.6 is 0 Å². The number of ether oxygens (including phenoxy) is 1. The zero-order chi connectivity index (χ0) is 28.4. The number of nitrogens with one attached hydrogen (secondary N) is 1. The van der Waals surface area contributed by atoms with E-state index in [1.54, 1.807) is 49.4 Å². The highest BCUT2D eigenvalue weighted by atomic mass is 32.2. The molecule has 0 heterocycles. The summed E-state index contributed by atoms with van der Waals surface area (Å²) in [6, 6.07) is 21.6. The fraction of sp³-hybridized carbons (Fsp3) is 0.333. The molecule has 208 valence electrons. The van der Waals surface area contributed by atoms with Gasteiger partial charge in [-0.1, -0.05) is 67.1 Å². The summed E-state index contributed by atoms with van der Waals surface area (Å²) in [5, 5.41) is 2.81. The Balaban J connectivity index is 2.10. The molecule has 3 aromatic rings. The van der Waals surface area contributed by atoms with Gasteiger partial charge in [-0.3, -0.25) is 13.9 Å². The second-order valence-corrected chi connectivity index (χ2v) is 10.9. The lowest BCUT2D eigenvalue weighted by Gasteiger charge is -2.33. The fourth-order valence-corrected chi connectivity index (χ4v) is 5.84. The van der Waals surface area contributed by atoms with E-state index in [0.29, 0.717) is 25.3 Å². The predicted molar refractivity (Wildman–Crippen MR) is 153 cm³/mol. The molecule has 0 bridgehead atoms. The lowest BCUT2D eigenvalue weighted by molar-refractivity contribution is -0.140. The molecule has 0 aliphatic rings. The zero-order valence-corrected chi connectivity index (χ0v) is 23.8. The number of rotatable bonds is 13. The molecule has 1 N–H and O–H groups in total. The Bertz CT molecular complexity index is 1360. The van der Waals surface area contributed by atoms with Crippen molar-refractivity contribution in [3.05, 3.63) is 90.0 Å². The van der Waals surface area contributed by atoms with Crippen molar-refractivity contribution in [2.45, 2.75) is 51.6 Å². The van der Waals surface area contributed by atoms with Gasteiger partial charge in [-0.25, -0.2) is 8.42 Å². The number of amides is 2. The molecule has 3 aromatic carbocycles. The van der Waals surface area contributed by atoms with E-state index in [9.17, 15) is 18.0 Å². The van der Waals surface area contributed by atoms with Crippen molar-refractivity contribution in [3.8, 4) is 5.75 Å². The first-order valence-electron chi connectivity index (χ1n) is 13.1. The minimum Gasteiger partial charge on any atom is -0.492 e. The van der Waals surface area contributed by atoms with Crippen molar-refractivity contribution in [2.24, 2.45) is 0 Å². The third-order valence-corrected chi connectivity index (χ3v) is 7.99. The van der Waals surface area contributed by atoms with Crippen LogP contribution in [0.3, 0.4) is 0 Å². The highest BCUT2D eigenvalue weighted by molar-refractivity contribution is 7.92. The normalized spacial score (nSPS) is 11.9. The van der Waals surface area contributed by atoms with Crippen LogP contribution in [0.15, 0.2) is 83.8 Å². The predicted octanol–water partition coefficient (Wildman–Crippen LogP) is 4.53. The van der Waals surface area contributed by atoms with Crippen molar-refractivity contribution in [1.82, 2.24) is 10.2 Å². The Hall–Kier alpha value is -3.85. The number of likely N-dealkylation sites (N-methyl/N-ethyl adjacent to an activating group) is 1. The quantitative estimate of drug-likeness (QED) is 0.337. The van der Waals surface area contributed by atoms with E-state index in [1.807, 2.05) is 45.0 Å². The maximum absolute atomic E-state index is 14.1. The fourth-order valence-electron chi connectivity index (χ4n) is 4.39. The minimum absolute atomic E-state index is 0.0464. The summed E-state index contributed by atoms with van der Waals surface area (Å²) >= 11 is 0. The van der Waals surface area contributed by atoms with E-state index in [1.165, 1.54) is 17.0 Å².